The van der Waals surface area contributed by atoms with Gasteiger partial charge >= 0.3 is 0 Å². The van der Waals surface area contributed by atoms with Crippen LogP contribution in [0.25, 0.3) is 0 Å². The number of likely N-dealkylation sites (tertiary alicyclic amines) is 2. The molecule has 2 aromatic rings. The van der Waals surface area contributed by atoms with Crippen molar-refractivity contribution in [1.29, 1.82) is 0 Å². The number of carbonyl (C=O) groups is 1. The van der Waals surface area contributed by atoms with Gasteiger partial charge in [-0.25, -0.2) is 4.98 Å². The molecule has 2 saturated heterocycles. The highest BCUT2D eigenvalue weighted by molar-refractivity contribution is 7.99. The van der Waals surface area contributed by atoms with Crippen molar-refractivity contribution < 1.29 is 4.79 Å². The van der Waals surface area contributed by atoms with E-state index in [-0.39, 0.29) is 5.91 Å². The zero-order chi connectivity index (χ0) is 19.9. The fourth-order valence-electron chi connectivity index (χ4n) is 4.38. The summed E-state index contributed by atoms with van der Waals surface area (Å²) in [7, 11) is 0. The molecule has 0 spiro atoms. The average molecular weight is 410 g/mol. The minimum Gasteiger partial charge on any atom is -0.339 e. The van der Waals surface area contributed by atoms with Crippen LogP contribution in [0.5, 0.6) is 0 Å². The van der Waals surface area contributed by atoms with Gasteiger partial charge in [-0.3, -0.25) is 4.79 Å². The predicted molar refractivity (Wildman–Crippen MR) is 118 cm³/mol. The number of aromatic nitrogens is 1. The molecule has 1 aromatic heterocycles. The van der Waals surface area contributed by atoms with E-state index in [1.165, 1.54) is 45.3 Å². The quantitative estimate of drug-likeness (QED) is 0.699. The number of pyridine rings is 1. The molecular formula is C24H31N3OS. The molecule has 0 atom stereocenters. The van der Waals surface area contributed by atoms with Crippen LogP contribution in [-0.4, -0.2) is 53.4 Å². The van der Waals surface area contributed by atoms with Crippen molar-refractivity contribution in [2.45, 2.75) is 48.4 Å². The highest BCUT2D eigenvalue weighted by atomic mass is 32.2. The minimum absolute atomic E-state index is 0.174. The zero-order valence-corrected chi connectivity index (χ0v) is 17.9. The van der Waals surface area contributed by atoms with Crippen LogP contribution in [0.15, 0.2) is 58.6 Å². The molecule has 0 unspecified atom stereocenters. The summed E-state index contributed by atoms with van der Waals surface area (Å²) in [4.78, 5) is 23.1. The van der Waals surface area contributed by atoms with E-state index in [1.54, 1.807) is 18.0 Å². The van der Waals surface area contributed by atoms with Crippen molar-refractivity contribution in [1.82, 2.24) is 14.8 Å². The monoisotopic (exact) mass is 409 g/mol. The van der Waals surface area contributed by atoms with E-state index >= 15 is 0 Å². The third-order valence-corrected chi connectivity index (χ3v) is 7.04. The van der Waals surface area contributed by atoms with Crippen LogP contribution in [-0.2, 0) is 0 Å². The van der Waals surface area contributed by atoms with E-state index in [2.05, 4.69) is 9.88 Å². The molecule has 4 nitrogen and oxygen atoms in total. The number of hydrogen-bond donors (Lipinski definition) is 0. The van der Waals surface area contributed by atoms with Crippen molar-refractivity contribution in [2.75, 3.05) is 32.7 Å². The SMILES string of the molecule is O=C(c1ccc(Sc2ccccn2)cc1)N1CCC(CN2CCCCCC2)CC1. The lowest BCUT2D eigenvalue weighted by atomic mass is 9.95. The van der Waals surface area contributed by atoms with Crippen LogP contribution >= 0.6 is 11.8 Å². The van der Waals surface area contributed by atoms with Crippen LogP contribution < -0.4 is 0 Å². The second kappa shape index (κ2) is 10.3. The van der Waals surface area contributed by atoms with Crippen molar-refractivity contribution in [3.05, 3.63) is 54.2 Å². The van der Waals surface area contributed by atoms with Crippen LogP contribution in [0.1, 0.15) is 48.9 Å². The minimum atomic E-state index is 0.174. The van der Waals surface area contributed by atoms with Crippen LogP contribution in [0.3, 0.4) is 0 Å². The number of amides is 1. The first kappa shape index (κ1) is 20.4. The Bertz CT molecular complexity index is 764. The van der Waals surface area contributed by atoms with Gasteiger partial charge in [0, 0.05) is 36.3 Å². The molecule has 5 heteroatoms. The molecule has 29 heavy (non-hydrogen) atoms. The van der Waals surface area contributed by atoms with E-state index in [0.29, 0.717) is 0 Å². The summed E-state index contributed by atoms with van der Waals surface area (Å²) in [5.41, 5.74) is 0.793. The second-order valence-corrected chi connectivity index (χ2v) is 9.34. The van der Waals surface area contributed by atoms with Gasteiger partial charge in [-0.2, -0.15) is 0 Å². The number of benzene rings is 1. The lowest BCUT2D eigenvalue weighted by molar-refractivity contribution is 0.0668. The maximum absolute atomic E-state index is 12.9. The van der Waals surface area contributed by atoms with Gasteiger partial charge in [-0.15, -0.1) is 0 Å². The summed E-state index contributed by atoms with van der Waals surface area (Å²) in [6, 6.07) is 13.9. The van der Waals surface area contributed by atoms with E-state index in [1.807, 2.05) is 47.4 Å². The Morgan fingerprint density at radius 1 is 0.931 bits per heavy atom. The lowest BCUT2D eigenvalue weighted by Gasteiger charge is -2.34. The molecule has 0 aliphatic carbocycles. The first-order chi connectivity index (χ1) is 14.3. The summed E-state index contributed by atoms with van der Waals surface area (Å²) in [5.74, 6) is 0.918. The summed E-state index contributed by atoms with van der Waals surface area (Å²) < 4.78 is 0. The normalized spacial score (nSPS) is 19.1. The summed E-state index contributed by atoms with van der Waals surface area (Å²) >= 11 is 1.62. The Labute approximate surface area is 178 Å². The van der Waals surface area contributed by atoms with Gasteiger partial charge < -0.3 is 9.80 Å². The summed E-state index contributed by atoms with van der Waals surface area (Å²) in [6.45, 7) is 5.54. The third-order valence-electron chi connectivity index (χ3n) is 6.08. The first-order valence-corrected chi connectivity index (χ1v) is 11.8. The highest BCUT2D eigenvalue weighted by Crippen LogP contribution is 2.27. The van der Waals surface area contributed by atoms with Crippen LogP contribution in [0.2, 0.25) is 0 Å². The number of hydrogen-bond acceptors (Lipinski definition) is 4. The van der Waals surface area contributed by atoms with E-state index < -0.39 is 0 Å². The van der Waals surface area contributed by atoms with Crippen molar-refractivity contribution >= 4 is 17.7 Å². The molecule has 2 aliphatic rings. The highest BCUT2D eigenvalue weighted by Gasteiger charge is 2.25. The molecule has 2 fully saturated rings. The number of piperidine rings is 1. The molecule has 0 radical (unpaired) electrons. The number of nitrogens with zero attached hydrogens (tertiary/aromatic N) is 3. The molecule has 1 aromatic carbocycles. The fourth-order valence-corrected chi connectivity index (χ4v) is 5.15. The average Bonchev–Trinajstić information content (AvgIpc) is 3.04. The number of carbonyl (C=O) groups excluding carboxylic acids is 1. The fraction of sp³-hybridized carbons (Fsp3) is 0.500. The first-order valence-electron chi connectivity index (χ1n) is 11.0. The Hall–Kier alpha value is -1.85. The maximum atomic E-state index is 12.9. The Balaban J connectivity index is 1.26. The van der Waals surface area contributed by atoms with Gasteiger partial charge in [0.15, 0.2) is 0 Å². The smallest absolute Gasteiger partial charge is 0.253 e. The molecule has 154 valence electrons. The third kappa shape index (κ3) is 5.83. The molecular weight excluding hydrogens is 378 g/mol. The molecule has 3 heterocycles. The Morgan fingerprint density at radius 3 is 2.31 bits per heavy atom. The van der Waals surface area contributed by atoms with Crippen molar-refractivity contribution in [3.8, 4) is 0 Å². The number of rotatable bonds is 5. The Morgan fingerprint density at radius 2 is 1.66 bits per heavy atom. The summed E-state index contributed by atoms with van der Waals surface area (Å²) in [6.07, 6.45) is 9.56. The molecule has 2 aliphatic heterocycles. The van der Waals surface area contributed by atoms with Gasteiger partial charge in [0.25, 0.3) is 5.91 Å². The predicted octanol–water partition coefficient (Wildman–Crippen LogP) is 4.96. The van der Waals surface area contributed by atoms with E-state index in [9.17, 15) is 4.79 Å². The van der Waals surface area contributed by atoms with Gasteiger partial charge in [0.1, 0.15) is 5.03 Å². The van der Waals surface area contributed by atoms with Crippen LogP contribution in [0, 0.1) is 5.92 Å². The molecule has 4 rings (SSSR count). The maximum Gasteiger partial charge on any atom is 0.253 e. The zero-order valence-electron chi connectivity index (χ0n) is 17.1. The summed E-state index contributed by atoms with van der Waals surface area (Å²) in [5, 5.41) is 0.970. The topological polar surface area (TPSA) is 36.4 Å². The van der Waals surface area contributed by atoms with Gasteiger partial charge in [0.2, 0.25) is 0 Å². The van der Waals surface area contributed by atoms with Gasteiger partial charge in [-0.05, 0) is 81.1 Å². The largest absolute Gasteiger partial charge is 0.339 e. The standard InChI is InChI=1S/C24H31N3OS/c28-24(21-8-10-22(11-9-21)29-23-7-3-4-14-25-23)27-17-12-20(13-18-27)19-26-15-5-1-2-6-16-26/h3-4,7-11,14,20H,1-2,5-6,12-13,15-19H2. The van der Waals surface area contributed by atoms with Gasteiger partial charge in [-0.1, -0.05) is 30.7 Å². The molecule has 0 N–H and O–H groups in total. The Kier molecular flexibility index (Phi) is 7.23. The molecule has 1 amide bonds. The lowest BCUT2D eigenvalue weighted by Crippen LogP contribution is -2.41. The van der Waals surface area contributed by atoms with Crippen molar-refractivity contribution in [3.63, 3.8) is 0 Å². The van der Waals surface area contributed by atoms with Crippen molar-refractivity contribution in [2.24, 2.45) is 5.92 Å². The molecule has 0 bridgehead atoms. The van der Waals surface area contributed by atoms with Crippen LogP contribution in [0.4, 0.5) is 0 Å². The van der Waals surface area contributed by atoms with Gasteiger partial charge in [0.05, 0.1) is 0 Å². The van der Waals surface area contributed by atoms with E-state index in [4.69, 9.17) is 0 Å². The molecule has 0 saturated carbocycles. The van der Waals surface area contributed by atoms with E-state index in [0.717, 1.165) is 47.3 Å². The second-order valence-electron chi connectivity index (χ2n) is 8.24.